The summed E-state index contributed by atoms with van der Waals surface area (Å²) >= 11 is 0. The van der Waals surface area contributed by atoms with Gasteiger partial charge in [-0.1, -0.05) is 148 Å². The van der Waals surface area contributed by atoms with Crippen LogP contribution in [0.4, 0.5) is 11.4 Å². The first-order valence-electron chi connectivity index (χ1n) is 24.2. The molecular formula is C61H50N4O. The predicted octanol–water partition coefficient (Wildman–Crippen LogP) is 16.5. The maximum atomic E-state index is 8.67. The van der Waals surface area contributed by atoms with Crippen LogP contribution >= 0.6 is 0 Å². The van der Waals surface area contributed by atoms with Gasteiger partial charge >= 0.3 is 0 Å². The van der Waals surface area contributed by atoms with Crippen LogP contribution < -0.4 is 9.64 Å². The van der Waals surface area contributed by atoms with Crippen LogP contribution in [0.3, 0.4) is 0 Å². The number of fused-ring (bicyclic) bond motifs is 10. The zero-order chi connectivity index (χ0) is 47.3. The van der Waals surface area contributed by atoms with Gasteiger partial charge in [-0.05, 0) is 112 Å². The first-order chi connectivity index (χ1) is 33.3. The van der Waals surface area contributed by atoms with Gasteiger partial charge in [-0.25, -0.2) is 4.98 Å². The summed E-state index contributed by atoms with van der Waals surface area (Å²) in [7, 11) is 0. The first kappa shape index (κ1) is 36.4. The van der Waals surface area contributed by atoms with Crippen molar-refractivity contribution in [3.05, 3.63) is 204 Å². The van der Waals surface area contributed by atoms with Gasteiger partial charge in [0.15, 0.2) is 0 Å². The number of ether oxygens (including phenoxy) is 1. The van der Waals surface area contributed by atoms with E-state index in [1.165, 1.54) is 60.0 Å². The second-order valence-corrected chi connectivity index (χ2v) is 18.8. The largest absolute Gasteiger partial charge is 0.457 e. The summed E-state index contributed by atoms with van der Waals surface area (Å²) < 4.78 is 37.4. The van der Waals surface area contributed by atoms with E-state index in [9.17, 15) is 0 Å². The fourth-order valence-electron chi connectivity index (χ4n) is 10.3. The van der Waals surface area contributed by atoms with Crippen molar-refractivity contribution < 1.29 is 8.85 Å². The molecule has 0 bridgehead atoms. The van der Waals surface area contributed by atoms with Crippen LogP contribution in [0.1, 0.15) is 47.1 Å². The number of aryl methyl sites for hydroxylation is 3. The van der Waals surface area contributed by atoms with Crippen molar-refractivity contribution in [2.45, 2.75) is 53.6 Å². The Morgan fingerprint density at radius 3 is 2.02 bits per heavy atom. The normalized spacial score (nSPS) is 13.5. The molecule has 3 aromatic heterocycles. The second-order valence-electron chi connectivity index (χ2n) is 18.8. The van der Waals surface area contributed by atoms with Gasteiger partial charge in [-0.15, -0.1) is 0 Å². The molecule has 0 fully saturated rings. The van der Waals surface area contributed by atoms with E-state index in [1.807, 2.05) is 42.5 Å². The summed E-state index contributed by atoms with van der Waals surface area (Å²) in [6, 6.07) is 61.5. The van der Waals surface area contributed by atoms with Crippen LogP contribution in [-0.2, 0) is 12.1 Å². The van der Waals surface area contributed by atoms with Crippen LogP contribution in [0.5, 0.6) is 11.5 Å². The van der Waals surface area contributed by atoms with Crippen molar-refractivity contribution in [1.29, 1.82) is 0 Å². The third-order valence-electron chi connectivity index (χ3n) is 13.5. The van der Waals surface area contributed by atoms with E-state index in [0.717, 1.165) is 38.7 Å². The first-order valence-corrected chi connectivity index (χ1v) is 22.7. The SMILES string of the molecule is [2H]C([2H])([2H])c1cc(-n2c3ccccc3c3ccc(Oc4cccc(N5Cn6c7c(C)cccc7c7cc(C)ccc7c7ccccc7c7cccc5c76)c4)cc32)ncc1-c1ccc(C(C)(C)C)cc1. The molecule has 12 rings (SSSR count). The number of nitrogens with zero attached hydrogens (tertiary/aromatic N) is 4. The summed E-state index contributed by atoms with van der Waals surface area (Å²) in [6.45, 7) is 9.13. The van der Waals surface area contributed by atoms with Crippen LogP contribution in [0, 0.1) is 20.7 Å². The van der Waals surface area contributed by atoms with Crippen molar-refractivity contribution in [2.75, 3.05) is 4.90 Å². The van der Waals surface area contributed by atoms with Crippen molar-refractivity contribution in [3.63, 3.8) is 0 Å². The maximum absolute atomic E-state index is 8.67. The molecule has 320 valence electrons. The van der Waals surface area contributed by atoms with Crippen LogP contribution in [0.25, 0.3) is 82.1 Å². The average Bonchev–Trinajstić information content (AvgIpc) is 3.90. The number of hydrogen-bond acceptors (Lipinski definition) is 3. The molecule has 0 amide bonds. The lowest BCUT2D eigenvalue weighted by atomic mass is 9.86. The Hall–Kier alpha value is -7.89. The predicted molar refractivity (Wildman–Crippen MR) is 278 cm³/mol. The number of rotatable bonds is 5. The van der Waals surface area contributed by atoms with Crippen molar-refractivity contribution >= 4 is 76.5 Å². The lowest BCUT2D eigenvalue weighted by Gasteiger charge is -2.21. The highest BCUT2D eigenvalue weighted by Gasteiger charge is 2.25. The zero-order valence-electron chi connectivity index (χ0n) is 40.7. The molecule has 5 heteroatoms. The molecule has 0 unspecified atom stereocenters. The Bertz CT molecular complexity index is 3970. The second kappa shape index (κ2) is 15.1. The lowest BCUT2D eigenvalue weighted by Crippen LogP contribution is -2.14. The Labute approximate surface area is 389 Å². The monoisotopic (exact) mass is 857 g/mol. The molecule has 0 radical (unpaired) electrons. The molecule has 66 heavy (non-hydrogen) atoms. The quantitative estimate of drug-likeness (QED) is 0.173. The third kappa shape index (κ3) is 6.41. The molecule has 0 atom stereocenters. The Morgan fingerprint density at radius 1 is 0.545 bits per heavy atom. The van der Waals surface area contributed by atoms with Gasteiger partial charge < -0.3 is 14.2 Å². The number of para-hydroxylation sites is 3. The fraction of sp³-hybridized carbons (Fsp3) is 0.131. The van der Waals surface area contributed by atoms with Gasteiger partial charge in [0.05, 0.1) is 27.8 Å². The zero-order valence-corrected chi connectivity index (χ0v) is 37.7. The topological polar surface area (TPSA) is 35.2 Å². The summed E-state index contributed by atoms with van der Waals surface area (Å²) in [5.74, 6) is 1.87. The van der Waals surface area contributed by atoms with Crippen molar-refractivity contribution in [3.8, 4) is 28.4 Å². The molecule has 8 aromatic carbocycles. The number of hydrogen-bond donors (Lipinski definition) is 0. The molecule has 0 N–H and O–H groups in total. The smallest absolute Gasteiger partial charge is 0.137 e. The highest BCUT2D eigenvalue weighted by atomic mass is 16.5. The minimum Gasteiger partial charge on any atom is -0.457 e. The average molecular weight is 858 g/mol. The molecule has 11 aromatic rings. The minimum atomic E-state index is -2.38. The van der Waals surface area contributed by atoms with E-state index < -0.39 is 6.85 Å². The molecule has 5 nitrogen and oxygen atoms in total. The molecule has 4 heterocycles. The third-order valence-corrected chi connectivity index (χ3v) is 13.5. The van der Waals surface area contributed by atoms with Gasteiger partial charge in [0.25, 0.3) is 0 Å². The van der Waals surface area contributed by atoms with E-state index in [0.29, 0.717) is 29.5 Å². The van der Waals surface area contributed by atoms with Crippen LogP contribution in [-0.4, -0.2) is 14.1 Å². The van der Waals surface area contributed by atoms with E-state index in [2.05, 4.69) is 176 Å². The Morgan fingerprint density at radius 2 is 1.21 bits per heavy atom. The van der Waals surface area contributed by atoms with E-state index in [4.69, 9.17) is 13.8 Å². The van der Waals surface area contributed by atoms with Gasteiger partial charge in [-0.3, -0.25) is 4.57 Å². The standard InChI is InChI=1S/C61H50N4O/c1-38-24-30-48-46-17-7-8-18-47(46)51-21-13-23-56-60(51)64(59-39(2)14-11-20-52(59)53(48)32-38)37-63(56)43-15-12-16-44(34-43)66-45-29-31-50-49-19-9-10-22-55(49)65(57(50)35-45)58-33-40(3)54(36-62-58)41-25-27-42(28-26-41)61(4,5)6/h7-36H,37H2,1-6H3/i3D3. The molecule has 1 aliphatic heterocycles. The van der Waals surface area contributed by atoms with Crippen LogP contribution in [0.15, 0.2) is 182 Å². The number of pyridine rings is 1. The molecular weight excluding hydrogens is 805 g/mol. The molecule has 0 aliphatic carbocycles. The fourth-order valence-corrected chi connectivity index (χ4v) is 10.3. The maximum Gasteiger partial charge on any atom is 0.137 e. The number of aromatic nitrogens is 3. The Balaban J connectivity index is 0.968. The van der Waals surface area contributed by atoms with E-state index >= 15 is 0 Å². The molecule has 0 spiro atoms. The number of benzene rings is 8. The lowest BCUT2D eigenvalue weighted by molar-refractivity contribution is 0.483. The van der Waals surface area contributed by atoms with Crippen molar-refractivity contribution in [1.82, 2.24) is 14.1 Å². The summed E-state index contributed by atoms with van der Waals surface area (Å²) in [6.07, 6.45) is 1.71. The molecule has 0 saturated carbocycles. The van der Waals surface area contributed by atoms with E-state index in [1.54, 1.807) is 12.3 Å². The van der Waals surface area contributed by atoms with E-state index in [-0.39, 0.29) is 11.0 Å². The molecule has 0 saturated heterocycles. The van der Waals surface area contributed by atoms with Gasteiger partial charge in [0, 0.05) is 55.2 Å². The summed E-state index contributed by atoms with van der Waals surface area (Å²) in [5.41, 5.74) is 11.6. The highest BCUT2D eigenvalue weighted by molar-refractivity contribution is 6.21. The molecule has 1 aliphatic rings. The summed E-state index contributed by atoms with van der Waals surface area (Å²) in [4.78, 5) is 7.37. The Kier molecular flexibility index (Phi) is 8.34. The van der Waals surface area contributed by atoms with Gasteiger partial charge in [0.2, 0.25) is 0 Å². The summed E-state index contributed by atoms with van der Waals surface area (Å²) in [5, 5.41) is 9.33. The number of anilines is 2. The van der Waals surface area contributed by atoms with Crippen LogP contribution in [0.2, 0.25) is 0 Å². The van der Waals surface area contributed by atoms with Gasteiger partial charge in [-0.2, -0.15) is 0 Å². The minimum absolute atomic E-state index is 0.0269. The van der Waals surface area contributed by atoms with Crippen molar-refractivity contribution in [2.24, 2.45) is 0 Å². The van der Waals surface area contributed by atoms with Gasteiger partial charge in [0.1, 0.15) is 24.0 Å². The highest BCUT2D eigenvalue weighted by Crippen LogP contribution is 2.44.